The first kappa shape index (κ1) is 92.6. The van der Waals surface area contributed by atoms with Crippen LogP contribution in [0.2, 0.25) is 0 Å². The molecule has 14 heteroatoms. The van der Waals surface area contributed by atoms with E-state index in [0.717, 1.165) is 38.5 Å². The number of carbonyl (C=O) groups is 1. The Morgan fingerprint density at radius 3 is 0.969 bits per heavy atom. The van der Waals surface area contributed by atoms with Crippen molar-refractivity contribution in [3.8, 4) is 0 Å². The zero-order valence-corrected chi connectivity index (χ0v) is 63.8. The lowest BCUT2D eigenvalue weighted by molar-refractivity contribution is -0.359. The lowest BCUT2D eigenvalue weighted by atomic mass is 9.97. The molecule has 9 N–H and O–H groups in total. The highest BCUT2D eigenvalue weighted by molar-refractivity contribution is 5.76. The largest absolute Gasteiger partial charge is 0.394 e. The molecule has 2 saturated heterocycles. The Kier molecular flexibility index (Phi) is 64.8. The van der Waals surface area contributed by atoms with Crippen molar-refractivity contribution in [2.45, 2.75) is 485 Å². The molecule has 12 unspecified atom stereocenters. The summed E-state index contributed by atoms with van der Waals surface area (Å²) in [5, 5.41) is 87.7. The van der Waals surface area contributed by atoms with Gasteiger partial charge in [0.2, 0.25) is 5.91 Å². The number of ether oxygens (including phenoxy) is 4. The molecule has 0 aromatic carbocycles. The van der Waals surface area contributed by atoms with Crippen LogP contribution in [-0.2, 0) is 23.7 Å². The van der Waals surface area contributed by atoms with E-state index in [1.165, 1.54) is 347 Å². The predicted molar refractivity (Wildman–Crippen MR) is 406 cm³/mol. The molecule has 0 radical (unpaired) electrons. The van der Waals surface area contributed by atoms with Crippen molar-refractivity contribution in [3.63, 3.8) is 0 Å². The number of allylic oxidation sites excluding steroid dienone is 3. The van der Waals surface area contributed by atoms with E-state index in [4.69, 9.17) is 18.9 Å². The second kappa shape index (κ2) is 68.6. The Bertz CT molecular complexity index is 1740. The van der Waals surface area contributed by atoms with E-state index in [9.17, 15) is 45.6 Å². The fourth-order valence-corrected chi connectivity index (χ4v) is 14.4. The lowest BCUT2D eigenvalue weighted by Gasteiger charge is -2.46. The van der Waals surface area contributed by atoms with Crippen LogP contribution in [0.5, 0.6) is 0 Å². The molecular formula is C84H161NO13. The average Bonchev–Trinajstić information content (AvgIpc) is 0.793. The Labute approximate surface area is 602 Å². The molecule has 0 aliphatic carbocycles. The highest BCUT2D eigenvalue weighted by atomic mass is 16.7. The summed E-state index contributed by atoms with van der Waals surface area (Å²) in [6.07, 6.45) is 72.9. The van der Waals surface area contributed by atoms with Crippen LogP contribution in [-0.4, -0.2) is 140 Å². The van der Waals surface area contributed by atoms with E-state index in [2.05, 4.69) is 31.3 Å². The molecule has 580 valence electrons. The van der Waals surface area contributed by atoms with Crippen molar-refractivity contribution in [2.24, 2.45) is 0 Å². The summed E-state index contributed by atoms with van der Waals surface area (Å²) in [6, 6.07) is -0.913. The Balaban J connectivity index is 1.56. The van der Waals surface area contributed by atoms with Gasteiger partial charge in [0, 0.05) is 6.42 Å². The van der Waals surface area contributed by atoms with Crippen molar-refractivity contribution in [3.05, 3.63) is 24.3 Å². The van der Waals surface area contributed by atoms with E-state index >= 15 is 0 Å². The summed E-state index contributed by atoms with van der Waals surface area (Å²) in [5.41, 5.74) is 0. The van der Waals surface area contributed by atoms with Crippen LogP contribution in [0.3, 0.4) is 0 Å². The van der Waals surface area contributed by atoms with Gasteiger partial charge in [0.15, 0.2) is 12.6 Å². The first-order valence-electron chi connectivity index (χ1n) is 42.6. The van der Waals surface area contributed by atoms with Gasteiger partial charge in [-0.25, -0.2) is 0 Å². The third-order valence-electron chi connectivity index (χ3n) is 21.1. The third kappa shape index (κ3) is 50.8. The third-order valence-corrected chi connectivity index (χ3v) is 21.1. The van der Waals surface area contributed by atoms with Gasteiger partial charge in [0.1, 0.15) is 48.8 Å². The summed E-state index contributed by atoms with van der Waals surface area (Å²) in [6.45, 7) is 2.87. The smallest absolute Gasteiger partial charge is 0.220 e. The van der Waals surface area contributed by atoms with Gasteiger partial charge < -0.3 is 65.1 Å². The molecule has 12 atom stereocenters. The second-order valence-electron chi connectivity index (χ2n) is 30.3. The van der Waals surface area contributed by atoms with Gasteiger partial charge in [-0.15, -0.1) is 0 Å². The molecule has 2 heterocycles. The first-order valence-corrected chi connectivity index (χ1v) is 42.6. The molecule has 14 nitrogen and oxygen atoms in total. The van der Waals surface area contributed by atoms with Gasteiger partial charge in [0.05, 0.1) is 32.0 Å². The lowest BCUT2D eigenvalue weighted by Crippen LogP contribution is -2.65. The minimum Gasteiger partial charge on any atom is -0.394 e. The zero-order valence-electron chi connectivity index (χ0n) is 63.8. The minimum absolute atomic E-state index is 0.229. The molecule has 0 aromatic heterocycles. The van der Waals surface area contributed by atoms with Gasteiger partial charge >= 0.3 is 0 Å². The van der Waals surface area contributed by atoms with Crippen LogP contribution in [0, 0.1) is 0 Å². The van der Waals surface area contributed by atoms with Crippen LogP contribution in [0.1, 0.15) is 412 Å². The van der Waals surface area contributed by atoms with Gasteiger partial charge in [-0.3, -0.25) is 4.79 Å². The summed E-state index contributed by atoms with van der Waals surface area (Å²) in [4.78, 5) is 13.4. The van der Waals surface area contributed by atoms with E-state index in [1.54, 1.807) is 6.08 Å². The summed E-state index contributed by atoms with van der Waals surface area (Å²) < 4.78 is 22.9. The number of aliphatic hydroxyl groups is 8. The molecule has 2 aliphatic rings. The number of carbonyl (C=O) groups excluding carboxylic acids is 1. The molecule has 1 amide bonds. The number of unbranched alkanes of at least 4 members (excludes halogenated alkanes) is 58. The minimum atomic E-state index is -1.79. The maximum atomic E-state index is 13.4. The highest BCUT2D eigenvalue weighted by Crippen LogP contribution is 2.31. The highest BCUT2D eigenvalue weighted by Gasteiger charge is 2.51. The van der Waals surface area contributed by atoms with Crippen molar-refractivity contribution < 1.29 is 64.6 Å². The van der Waals surface area contributed by atoms with Crippen LogP contribution < -0.4 is 5.32 Å². The van der Waals surface area contributed by atoms with Gasteiger partial charge in [-0.2, -0.15) is 0 Å². The van der Waals surface area contributed by atoms with Crippen LogP contribution in [0.25, 0.3) is 0 Å². The predicted octanol–water partition coefficient (Wildman–Crippen LogP) is 19.8. The molecule has 2 aliphatic heterocycles. The fraction of sp³-hybridized carbons (Fsp3) is 0.940. The monoisotopic (exact) mass is 1390 g/mol. The van der Waals surface area contributed by atoms with Crippen LogP contribution >= 0.6 is 0 Å². The van der Waals surface area contributed by atoms with Gasteiger partial charge in [-0.1, -0.05) is 385 Å². The molecule has 2 rings (SSSR count). The van der Waals surface area contributed by atoms with E-state index < -0.39 is 86.8 Å². The molecule has 2 fully saturated rings. The number of rotatable bonds is 73. The molecule has 0 aromatic rings. The Morgan fingerprint density at radius 2 is 0.643 bits per heavy atom. The molecular weight excluding hydrogens is 1230 g/mol. The molecule has 0 bridgehead atoms. The van der Waals surface area contributed by atoms with Gasteiger partial charge in [-0.05, 0) is 44.9 Å². The number of hydrogen-bond acceptors (Lipinski definition) is 13. The van der Waals surface area contributed by atoms with E-state index in [-0.39, 0.29) is 18.9 Å². The quantitative estimate of drug-likeness (QED) is 0.0204. The van der Waals surface area contributed by atoms with Gasteiger partial charge in [0.25, 0.3) is 0 Å². The van der Waals surface area contributed by atoms with Crippen molar-refractivity contribution in [2.75, 3.05) is 19.8 Å². The Morgan fingerprint density at radius 1 is 0.357 bits per heavy atom. The summed E-state index contributed by atoms with van der Waals surface area (Å²) in [5.74, 6) is -0.229. The maximum absolute atomic E-state index is 13.4. The van der Waals surface area contributed by atoms with Crippen molar-refractivity contribution in [1.29, 1.82) is 0 Å². The number of nitrogens with one attached hydrogen (secondary N) is 1. The SMILES string of the molecule is CCCCCCCCCC/C=C\CCCCCCCCCCCCCCCCCCCCCCCCCCCCCC(=O)NC(COC1OC(CO)C(OC2OC(CO)C(O)C(O)C2O)C(O)C1O)C(O)/C=C/CCCCCCCCCCCCCCCCCCCCCCCCC. The molecule has 98 heavy (non-hydrogen) atoms. The van der Waals surface area contributed by atoms with E-state index in [0.29, 0.717) is 6.42 Å². The average molecular weight is 1390 g/mol. The number of aliphatic hydroxyl groups excluding tert-OH is 8. The first-order chi connectivity index (χ1) is 48.1. The van der Waals surface area contributed by atoms with E-state index in [1.807, 2.05) is 6.08 Å². The summed E-state index contributed by atoms with van der Waals surface area (Å²) in [7, 11) is 0. The summed E-state index contributed by atoms with van der Waals surface area (Å²) >= 11 is 0. The van der Waals surface area contributed by atoms with Crippen molar-refractivity contribution >= 4 is 5.91 Å². The Hall–Kier alpha value is -1.53. The standard InChI is InChI=1S/C84H161NO13/c1-3-5-7-9-11-13-15-17-19-21-23-25-27-29-30-31-32-33-34-35-36-37-38-39-40-41-42-44-46-48-50-52-54-56-58-60-62-64-66-68-76(89)85-72(71-95-83-81(94)79(92)82(75(70-87)97-83)98-84-80(93)78(91)77(90)74(69-86)96-84)73(88)67-65-63-61-59-57-55-53-51-49-47-45-43-28-26-24-22-20-18-16-14-12-10-8-6-4-2/h21,23,65,67,72-75,77-84,86-88,90-94H,3-20,22,24-64,66,68-71H2,1-2H3,(H,85,89)/b23-21-,67-65+. The number of amides is 1. The number of hydrogen-bond donors (Lipinski definition) is 9. The van der Waals surface area contributed by atoms with Crippen molar-refractivity contribution in [1.82, 2.24) is 5.32 Å². The second-order valence-corrected chi connectivity index (χ2v) is 30.3. The fourth-order valence-electron chi connectivity index (χ4n) is 14.4. The topological polar surface area (TPSA) is 228 Å². The zero-order chi connectivity index (χ0) is 70.8. The molecule has 0 saturated carbocycles. The maximum Gasteiger partial charge on any atom is 0.220 e. The van der Waals surface area contributed by atoms with Crippen LogP contribution in [0.4, 0.5) is 0 Å². The van der Waals surface area contributed by atoms with Crippen LogP contribution in [0.15, 0.2) is 24.3 Å². The normalized spacial score (nSPS) is 22.1. The molecule has 0 spiro atoms.